The van der Waals surface area contributed by atoms with Gasteiger partial charge in [-0.3, -0.25) is 4.79 Å². The highest BCUT2D eigenvalue weighted by Gasteiger charge is 2.09. The first-order valence-corrected chi connectivity index (χ1v) is 5.64. The van der Waals surface area contributed by atoms with E-state index in [1.54, 1.807) is 19.0 Å². The Kier molecular flexibility index (Phi) is 3.61. The Hall–Kier alpha value is -2.22. The minimum absolute atomic E-state index is 0.00912. The molecule has 0 amide bonds. The van der Waals surface area contributed by atoms with Gasteiger partial charge in [0.05, 0.1) is 0 Å². The molecular weight excluding hydrogens is 272 g/mol. The third kappa shape index (κ3) is 3.16. The van der Waals surface area contributed by atoms with Gasteiger partial charge in [0.1, 0.15) is 0 Å². The van der Waals surface area contributed by atoms with Crippen LogP contribution in [0.2, 0.25) is 5.28 Å². The molecule has 0 unspecified atom stereocenters. The van der Waals surface area contributed by atoms with Crippen LogP contribution >= 0.6 is 11.6 Å². The molecule has 0 saturated heterocycles. The predicted molar refractivity (Wildman–Crippen MR) is 68.7 cm³/mol. The first-order valence-electron chi connectivity index (χ1n) is 5.27. The molecule has 0 N–H and O–H groups in total. The van der Waals surface area contributed by atoms with E-state index in [0.717, 1.165) is 4.68 Å². The number of ether oxygens (including phenoxy) is 1. The van der Waals surface area contributed by atoms with Gasteiger partial charge < -0.3 is 9.64 Å². The van der Waals surface area contributed by atoms with Crippen molar-refractivity contribution in [3.05, 3.63) is 27.8 Å². The first kappa shape index (κ1) is 13.2. The van der Waals surface area contributed by atoms with Crippen LogP contribution in [0.5, 0.6) is 11.9 Å². The molecule has 0 aliphatic rings. The fourth-order valence-corrected chi connectivity index (χ4v) is 1.34. The van der Waals surface area contributed by atoms with Crippen LogP contribution in [0.1, 0.15) is 0 Å². The second-order valence-corrected chi connectivity index (χ2v) is 4.15. The highest BCUT2D eigenvalue weighted by atomic mass is 35.5. The maximum Gasteiger partial charge on any atom is 0.329 e. The molecule has 0 spiro atoms. The van der Waals surface area contributed by atoms with Crippen LogP contribution in [0.4, 0.5) is 5.95 Å². The second-order valence-electron chi connectivity index (χ2n) is 3.82. The Morgan fingerprint density at radius 1 is 1.26 bits per heavy atom. The summed E-state index contributed by atoms with van der Waals surface area (Å²) in [6.45, 7) is 0. The summed E-state index contributed by atoms with van der Waals surface area (Å²) in [5, 5.41) is 3.91. The monoisotopic (exact) mass is 282 g/mol. The van der Waals surface area contributed by atoms with Crippen LogP contribution in [-0.2, 0) is 7.05 Å². The van der Waals surface area contributed by atoms with Crippen molar-refractivity contribution in [2.24, 2.45) is 7.05 Å². The van der Waals surface area contributed by atoms with Crippen molar-refractivity contribution in [3.8, 4) is 11.9 Å². The third-order valence-electron chi connectivity index (χ3n) is 2.11. The van der Waals surface area contributed by atoms with Crippen LogP contribution in [0.3, 0.4) is 0 Å². The fraction of sp³-hybridized carbons (Fsp3) is 0.300. The van der Waals surface area contributed by atoms with Crippen LogP contribution in [0.15, 0.2) is 16.9 Å². The Balaban J connectivity index is 2.32. The third-order valence-corrected chi connectivity index (χ3v) is 2.28. The van der Waals surface area contributed by atoms with Gasteiger partial charge in [0.25, 0.3) is 5.56 Å². The van der Waals surface area contributed by atoms with Gasteiger partial charge >= 0.3 is 6.01 Å². The zero-order chi connectivity index (χ0) is 14.0. The molecule has 2 heterocycles. The zero-order valence-corrected chi connectivity index (χ0v) is 11.3. The van der Waals surface area contributed by atoms with Gasteiger partial charge in [-0.25, -0.2) is 4.68 Å². The van der Waals surface area contributed by atoms with Crippen molar-refractivity contribution in [1.29, 1.82) is 0 Å². The number of aromatic nitrogens is 5. The van der Waals surface area contributed by atoms with E-state index in [1.807, 2.05) is 0 Å². The molecule has 2 rings (SSSR count). The summed E-state index contributed by atoms with van der Waals surface area (Å²) in [5.74, 6) is 0.550. The maximum atomic E-state index is 11.2. The molecule has 0 aromatic carbocycles. The molecule has 0 atom stereocenters. The lowest BCUT2D eigenvalue weighted by Gasteiger charge is -2.10. The van der Waals surface area contributed by atoms with Gasteiger partial charge in [-0.2, -0.15) is 15.0 Å². The predicted octanol–water partition coefficient (Wildman–Crippen LogP) is 0.477. The van der Waals surface area contributed by atoms with E-state index in [2.05, 4.69) is 20.1 Å². The lowest BCUT2D eigenvalue weighted by Crippen LogP contribution is -2.18. The lowest BCUT2D eigenvalue weighted by molar-refractivity contribution is 0.406. The quantitative estimate of drug-likeness (QED) is 0.809. The zero-order valence-electron chi connectivity index (χ0n) is 10.5. The lowest BCUT2D eigenvalue weighted by atomic mass is 10.5. The number of rotatable bonds is 3. The van der Waals surface area contributed by atoms with Crippen molar-refractivity contribution >= 4 is 17.5 Å². The number of aryl methyl sites for hydroxylation is 1. The fourth-order valence-electron chi connectivity index (χ4n) is 1.20. The summed E-state index contributed by atoms with van der Waals surface area (Å²) in [5.41, 5.74) is -0.241. The number of hydrogen-bond donors (Lipinski definition) is 0. The smallest absolute Gasteiger partial charge is 0.329 e. The Labute approximate surface area is 113 Å². The standard InChI is InChI=1S/C10H11ClN6O2/c1-16(2)9-12-8(11)13-10(14-9)19-6-4-5-7(18)17(3)15-6/h4-5H,1-3H3. The van der Waals surface area contributed by atoms with Crippen molar-refractivity contribution in [3.63, 3.8) is 0 Å². The van der Waals surface area contributed by atoms with Gasteiger partial charge in [-0.1, -0.05) is 0 Å². The number of hydrogen-bond acceptors (Lipinski definition) is 7. The summed E-state index contributed by atoms with van der Waals surface area (Å²) < 4.78 is 6.49. The Morgan fingerprint density at radius 2 is 2.00 bits per heavy atom. The molecule has 2 aromatic heterocycles. The van der Waals surface area contributed by atoms with E-state index in [1.165, 1.54) is 19.2 Å². The Morgan fingerprint density at radius 3 is 2.63 bits per heavy atom. The summed E-state index contributed by atoms with van der Waals surface area (Å²) in [6.07, 6.45) is 0. The molecule has 0 aliphatic heterocycles. The molecule has 2 aromatic rings. The number of nitrogens with zero attached hydrogens (tertiary/aromatic N) is 6. The van der Waals surface area contributed by atoms with E-state index in [0.29, 0.717) is 5.95 Å². The number of halogens is 1. The van der Waals surface area contributed by atoms with E-state index >= 15 is 0 Å². The molecule has 0 bridgehead atoms. The highest BCUT2D eigenvalue weighted by molar-refractivity contribution is 6.28. The number of anilines is 1. The highest BCUT2D eigenvalue weighted by Crippen LogP contribution is 2.17. The molecule has 0 fully saturated rings. The molecule has 0 saturated carbocycles. The summed E-state index contributed by atoms with van der Waals surface area (Å²) >= 11 is 5.77. The molecular formula is C10H11ClN6O2. The summed E-state index contributed by atoms with van der Waals surface area (Å²) in [7, 11) is 5.04. The minimum atomic E-state index is -0.241. The van der Waals surface area contributed by atoms with E-state index in [4.69, 9.17) is 16.3 Å². The van der Waals surface area contributed by atoms with Gasteiger partial charge in [0.15, 0.2) is 0 Å². The summed E-state index contributed by atoms with van der Waals surface area (Å²) in [6, 6.07) is 2.77. The van der Waals surface area contributed by atoms with Gasteiger partial charge in [-0.05, 0) is 11.6 Å². The van der Waals surface area contributed by atoms with Gasteiger partial charge in [-0.15, -0.1) is 5.10 Å². The summed E-state index contributed by atoms with van der Waals surface area (Å²) in [4.78, 5) is 24.7. The molecule has 9 heteroatoms. The molecule has 0 radical (unpaired) electrons. The van der Waals surface area contributed by atoms with Crippen molar-refractivity contribution in [2.75, 3.05) is 19.0 Å². The minimum Gasteiger partial charge on any atom is -0.403 e. The maximum absolute atomic E-state index is 11.2. The molecule has 100 valence electrons. The van der Waals surface area contributed by atoms with Crippen LogP contribution in [0.25, 0.3) is 0 Å². The Bertz CT molecular complexity index is 657. The second kappa shape index (κ2) is 5.19. The van der Waals surface area contributed by atoms with E-state index in [-0.39, 0.29) is 22.7 Å². The molecule has 19 heavy (non-hydrogen) atoms. The van der Waals surface area contributed by atoms with Crippen molar-refractivity contribution in [2.45, 2.75) is 0 Å². The van der Waals surface area contributed by atoms with Crippen molar-refractivity contribution < 1.29 is 4.74 Å². The normalized spacial score (nSPS) is 10.3. The average Bonchev–Trinajstić information content (AvgIpc) is 2.33. The topological polar surface area (TPSA) is 86.0 Å². The molecule has 8 nitrogen and oxygen atoms in total. The molecule has 0 aliphatic carbocycles. The average molecular weight is 283 g/mol. The van der Waals surface area contributed by atoms with Crippen LogP contribution in [0, 0.1) is 0 Å². The van der Waals surface area contributed by atoms with Gasteiger partial charge in [0, 0.05) is 33.3 Å². The largest absolute Gasteiger partial charge is 0.403 e. The van der Waals surface area contributed by atoms with E-state index in [9.17, 15) is 4.79 Å². The SMILES string of the molecule is CN(C)c1nc(Cl)nc(Oc2ccc(=O)n(C)n2)n1. The van der Waals surface area contributed by atoms with Crippen LogP contribution < -0.4 is 15.2 Å². The van der Waals surface area contributed by atoms with E-state index < -0.39 is 0 Å². The van der Waals surface area contributed by atoms with Gasteiger partial charge in [0.2, 0.25) is 17.1 Å². The van der Waals surface area contributed by atoms with Crippen LogP contribution in [-0.4, -0.2) is 38.8 Å². The first-order chi connectivity index (χ1) is 8.95. The van der Waals surface area contributed by atoms with Crippen molar-refractivity contribution in [1.82, 2.24) is 24.7 Å².